The fourth-order valence-electron chi connectivity index (χ4n) is 2.27. The van der Waals surface area contributed by atoms with Crippen LogP contribution in [0.2, 0.25) is 0 Å². The van der Waals surface area contributed by atoms with Gasteiger partial charge in [-0.1, -0.05) is 42.1 Å². The van der Waals surface area contributed by atoms with Gasteiger partial charge in [0.05, 0.1) is 12.3 Å². The number of nitrogens with one attached hydrogen (secondary N) is 1. The molecule has 0 saturated heterocycles. The van der Waals surface area contributed by atoms with E-state index in [4.69, 9.17) is 4.74 Å². The minimum Gasteiger partial charge on any atom is -0.492 e. The molecule has 0 spiro atoms. The van der Waals surface area contributed by atoms with Crippen LogP contribution in [0.3, 0.4) is 0 Å². The summed E-state index contributed by atoms with van der Waals surface area (Å²) in [7, 11) is 0. The second-order valence-electron chi connectivity index (χ2n) is 5.38. The van der Waals surface area contributed by atoms with Crippen LogP contribution in [-0.2, 0) is 6.18 Å². The summed E-state index contributed by atoms with van der Waals surface area (Å²) in [4.78, 5) is 8.58. The lowest BCUT2D eigenvalue weighted by Gasteiger charge is -2.14. The van der Waals surface area contributed by atoms with Crippen molar-refractivity contribution in [1.29, 1.82) is 0 Å². The smallest absolute Gasteiger partial charge is 0.420 e. The molecule has 0 bridgehead atoms. The fraction of sp³-hybridized carbons (Fsp3) is 0.158. The first kappa shape index (κ1) is 19.0. The summed E-state index contributed by atoms with van der Waals surface area (Å²) < 4.78 is 45.5. The van der Waals surface area contributed by atoms with Crippen LogP contribution >= 0.6 is 11.8 Å². The first-order valence-corrected chi connectivity index (χ1v) is 8.95. The first-order chi connectivity index (χ1) is 13.0. The lowest BCUT2D eigenvalue weighted by atomic mass is 10.3. The number of alkyl halides is 3. The maximum absolute atomic E-state index is 13.3. The highest BCUT2D eigenvalue weighted by Gasteiger charge is 2.35. The molecule has 0 amide bonds. The zero-order valence-electron chi connectivity index (χ0n) is 14.3. The third kappa shape index (κ3) is 4.91. The zero-order chi connectivity index (χ0) is 19.3. The molecule has 2 aromatic carbocycles. The number of hydrogen-bond donors (Lipinski definition) is 1. The molecule has 4 nitrogen and oxygen atoms in total. The number of rotatable bonds is 6. The molecule has 0 aliphatic carbocycles. The van der Waals surface area contributed by atoms with Gasteiger partial charge < -0.3 is 10.1 Å². The number of aromatic nitrogens is 2. The van der Waals surface area contributed by atoms with E-state index in [0.29, 0.717) is 22.9 Å². The Bertz CT molecular complexity index is 904. The first-order valence-electron chi connectivity index (χ1n) is 8.13. The van der Waals surface area contributed by atoms with Crippen LogP contribution in [0.25, 0.3) is 0 Å². The molecule has 1 N–H and O–H groups in total. The lowest BCUT2D eigenvalue weighted by Crippen LogP contribution is -2.11. The van der Waals surface area contributed by atoms with Gasteiger partial charge in [0.25, 0.3) is 0 Å². The van der Waals surface area contributed by atoms with E-state index in [2.05, 4.69) is 15.3 Å². The lowest BCUT2D eigenvalue weighted by molar-refractivity contribution is -0.140. The van der Waals surface area contributed by atoms with Crippen molar-refractivity contribution in [2.75, 3.05) is 11.9 Å². The van der Waals surface area contributed by atoms with Crippen LogP contribution in [0.5, 0.6) is 5.75 Å². The number of halogens is 3. The number of anilines is 2. The van der Waals surface area contributed by atoms with E-state index in [1.165, 1.54) is 0 Å². The number of benzene rings is 2. The molecule has 0 unspecified atom stereocenters. The molecule has 0 fully saturated rings. The Morgan fingerprint density at radius 1 is 1.04 bits per heavy atom. The van der Waals surface area contributed by atoms with Gasteiger partial charge in [-0.3, -0.25) is 0 Å². The second kappa shape index (κ2) is 8.30. The Kier molecular flexibility index (Phi) is 5.85. The van der Waals surface area contributed by atoms with Gasteiger partial charge in [-0.05, 0) is 31.2 Å². The average Bonchev–Trinajstić information content (AvgIpc) is 2.64. The van der Waals surface area contributed by atoms with Gasteiger partial charge in [0.1, 0.15) is 16.3 Å². The predicted octanol–water partition coefficient (Wildman–Crippen LogP) is 5.79. The van der Waals surface area contributed by atoms with Crippen LogP contribution < -0.4 is 10.1 Å². The Morgan fingerprint density at radius 3 is 2.44 bits per heavy atom. The molecule has 0 radical (unpaired) electrons. The van der Waals surface area contributed by atoms with E-state index < -0.39 is 11.7 Å². The third-order valence-electron chi connectivity index (χ3n) is 3.45. The molecule has 3 aromatic rings. The minimum atomic E-state index is -4.54. The van der Waals surface area contributed by atoms with E-state index in [-0.39, 0.29) is 11.0 Å². The molecule has 27 heavy (non-hydrogen) atoms. The molecular weight excluding hydrogens is 375 g/mol. The van der Waals surface area contributed by atoms with Crippen molar-refractivity contribution >= 4 is 23.4 Å². The van der Waals surface area contributed by atoms with Crippen LogP contribution in [0, 0.1) is 0 Å². The van der Waals surface area contributed by atoms with Gasteiger partial charge in [0, 0.05) is 11.1 Å². The molecule has 0 aliphatic rings. The van der Waals surface area contributed by atoms with E-state index in [1.807, 2.05) is 6.92 Å². The van der Waals surface area contributed by atoms with Gasteiger partial charge >= 0.3 is 6.18 Å². The minimum absolute atomic E-state index is 0.0635. The Labute approximate surface area is 158 Å². The summed E-state index contributed by atoms with van der Waals surface area (Å²) in [6, 6.07) is 15.9. The van der Waals surface area contributed by atoms with Gasteiger partial charge in [-0.25, -0.2) is 9.97 Å². The van der Waals surface area contributed by atoms with Crippen LogP contribution in [-0.4, -0.2) is 16.6 Å². The summed E-state index contributed by atoms with van der Waals surface area (Å²) >= 11 is 0.938. The molecule has 140 valence electrons. The van der Waals surface area contributed by atoms with Crippen molar-refractivity contribution in [3.63, 3.8) is 0 Å². The van der Waals surface area contributed by atoms with E-state index in [9.17, 15) is 13.2 Å². The van der Waals surface area contributed by atoms with Gasteiger partial charge in [0.15, 0.2) is 0 Å². The van der Waals surface area contributed by atoms with Crippen molar-refractivity contribution in [2.24, 2.45) is 0 Å². The van der Waals surface area contributed by atoms with Crippen molar-refractivity contribution in [3.8, 4) is 5.75 Å². The highest BCUT2D eigenvalue weighted by atomic mass is 32.2. The maximum atomic E-state index is 13.3. The molecule has 0 saturated carbocycles. The van der Waals surface area contributed by atoms with Crippen molar-refractivity contribution < 1.29 is 17.9 Å². The molecular formula is C19H16F3N3OS. The average molecular weight is 391 g/mol. The predicted molar refractivity (Wildman–Crippen MR) is 98.5 cm³/mol. The Balaban J connectivity index is 1.95. The molecule has 8 heteroatoms. The summed E-state index contributed by atoms with van der Waals surface area (Å²) in [5, 5.41) is 2.77. The van der Waals surface area contributed by atoms with Crippen LogP contribution in [0.4, 0.5) is 24.8 Å². The number of ether oxygens (including phenoxy) is 1. The third-order valence-corrected chi connectivity index (χ3v) is 4.46. The second-order valence-corrected chi connectivity index (χ2v) is 6.44. The monoisotopic (exact) mass is 391 g/mol. The van der Waals surface area contributed by atoms with Crippen LogP contribution in [0.15, 0.2) is 70.7 Å². The van der Waals surface area contributed by atoms with Gasteiger partial charge in [-0.15, -0.1) is 0 Å². The van der Waals surface area contributed by atoms with Gasteiger partial charge in [0.2, 0.25) is 5.95 Å². The number of nitrogens with zero attached hydrogens (tertiary/aromatic N) is 2. The fourth-order valence-corrected chi connectivity index (χ4v) is 3.20. The largest absolute Gasteiger partial charge is 0.492 e. The summed E-state index contributed by atoms with van der Waals surface area (Å²) in [6.07, 6.45) is -3.75. The van der Waals surface area contributed by atoms with E-state index in [1.54, 1.807) is 54.6 Å². The summed E-state index contributed by atoms with van der Waals surface area (Å²) in [5.74, 6) is 0.634. The maximum Gasteiger partial charge on any atom is 0.420 e. The summed E-state index contributed by atoms with van der Waals surface area (Å²) in [6.45, 7) is 2.31. The SMILES string of the molecule is CCOc1ccccc1Nc1ncc(C(F)(F)F)c(Sc2ccccc2)n1. The molecule has 1 heterocycles. The standard InChI is InChI=1S/C19H16F3N3OS/c1-2-26-16-11-7-6-10-15(16)24-18-23-12-14(19(20,21)22)17(25-18)27-13-8-4-3-5-9-13/h3-12H,2H2,1H3,(H,23,24,25). The molecule has 0 aliphatic heterocycles. The van der Waals surface area contributed by atoms with E-state index >= 15 is 0 Å². The topological polar surface area (TPSA) is 47.0 Å². The number of para-hydroxylation sites is 2. The molecule has 1 aromatic heterocycles. The van der Waals surface area contributed by atoms with Crippen molar-refractivity contribution in [2.45, 2.75) is 23.0 Å². The highest BCUT2D eigenvalue weighted by Crippen LogP contribution is 2.38. The quantitative estimate of drug-likeness (QED) is 0.539. The van der Waals surface area contributed by atoms with E-state index in [0.717, 1.165) is 18.0 Å². The molecule has 3 rings (SSSR count). The summed E-state index contributed by atoms with van der Waals surface area (Å²) in [5.41, 5.74) is -0.297. The Hall–Kier alpha value is -2.74. The highest BCUT2D eigenvalue weighted by molar-refractivity contribution is 7.99. The number of hydrogen-bond acceptors (Lipinski definition) is 5. The Morgan fingerprint density at radius 2 is 1.74 bits per heavy atom. The normalized spacial score (nSPS) is 11.3. The zero-order valence-corrected chi connectivity index (χ0v) is 15.1. The van der Waals surface area contributed by atoms with Gasteiger partial charge in [-0.2, -0.15) is 13.2 Å². The van der Waals surface area contributed by atoms with Crippen molar-refractivity contribution in [3.05, 3.63) is 66.4 Å². The van der Waals surface area contributed by atoms with Crippen LogP contribution in [0.1, 0.15) is 12.5 Å². The molecule has 0 atom stereocenters. The van der Waals surface area contributed by atoms with Crippen molar-refractivity contribution in [1.82, 2.24) is 9.97 Å².